The number of nitrogens with one attached hydrogen (secondary N) is 1. The monoisotopic (exact) mass is 483 g/mol. The normalized spacial score (nSPS) is 10.9. The van der Waals surface area contributed by atoms with Crippen LogP contribution in [0.4, 0.5) is 0 Å². The summed E-state index contributed by atoms with van der Waals surface area (Å²) < 4.78 is 18.0. The van der Waals surface area contributed by atoms with E-state index in [2.05, 4.69) is 17.4 Å². The van der Waals surface area contributed by atoms with E-state index >= 15 is 0 Å². The van der Waals surface area contributed by atoms with Gasteiger partial charge in [-0.25, -0.2) is 0 Å². The fraction of sp³-hybridized carbons (Fsp3) is 0.172. The van der Waals surface area contributed by atoms with Gasteiger partial charge in [-0.05, 0) is 29.3 Å². The number of amides is 1. The predicted molar refractivity (Wildman–Crippen MR) is 140 cm³/mol. The number of carbonyl (C=O) groups is 1. The molecule has 184 valence electrons. The van der Waals surface area contributed by atoms with E-state index in [4.69, 9.17) is 19.3 Å². The fourth-order valence-electron chi connectivity index (χ4n) is 3.88. The Hall–Kier alpha value is -4.52. The van der Waals surface area contributed by atoms with E-state index in [1.807, 2.05) is 71.5 Å². The molecule has 0 aliphatic heterocycles. The van der Waals surface area contributed by atoms with Gasteiger partial charge in [0, 0.05) is 29.9 Å². The molecule has 0 saturated carbocycles. The highest BCUT2D eigenvalue weighted by Gasteiger charge is 2.14. The molecule has 0 saturated heterocycles. The molecule has 1 N–H and O–H groups in total. The summed E-state index contributed by atoms with van der Waals surface area (Å²) >= 11 is 0. The third kappa shape index (κ3) is 5.93. The molecule has 0 atom stereocenters. The number of nitrogens with zero attached hydrogens (tertiary/aromatic N) is 2. The minimum absolute atomic E-state index is 0.224. The Bertz CT molecular complexity index is 1310. The molecule has 36 heavy (non-hydrogen) atoms. The van der Waals surface area contributed by atoms with Crippen molar-refractivity contribution in [2.45, 2.75) is 13.1 Å². The van der Waals surface area contributed by atoms with Crippen LogP contribution in [0, 0.1) is 0 Å². The Morgan fingerprint density at radius 3 is 2.14 bits per heavy atom. The lowest BCUT2D eigenvalue weighted by molar-refractivity contribution is -0.116. The van der Waals surface area contributed by atoms with E-state index in [1.54, 1.807) is 27.4 Å². The summed E-state index contributed by atoms with van der Waals surface area (Å²) in [5, 5.41) is 7.71. The lowest BCUT2D eigenvalue weighted by Gasteiger charge is -2.14. The van der Waals surface area contributed by atoms with E-state index in [0.29, 0.717) is 30.3 Å². The number of carbonyl (C=O) groups excluding carboxylic acids is 1. The number of rotatable bonds is 10. The van der Waals surface area contributed by atoms with Crippen LogP contribution in [0.25, 0.3) is 17.3 Å². The Labute approximate surface area is 210 Å². The van der Waals surface area contributed by atoms with Crippen LogP contribution < -0.4 is 19.5 Å². The van der Waals surface area contributed by atoms with Crippen molar-refractivity contribution in [1.29, 1.82) is 0 Å². The predicted octanol–water partition coefficient (Wildman–Crippen LogP) is 4.95. The third-order valence-corrected chi connectivity index (χ3v) is 5.63. The first kappa shape index (κ1) is 24.6. The van der Waals surface area contributed by atoms with Crippen LogP contribution in [0.1, 0.15) is 16.7 Å². The second kappa shape index (κ2) is 11.8. The lowest BCUT2D eigenvalue weighted by atomic mass is 10.1. The van der Waals surface area contributed by atoms with Crippen molar-refractivity contribution >= 4 is 12.0 Å². The van der Waals surface area contributed by atoms with Gasteiger partial charge in [-0.3, -0.25) is 9.48 Å². The molecule has 0 aliphatic carbocycles. The molecule has 4 rings (SSSR count). The van der Waals surface area contributed by atoms with Crippen LogP contribution in [0.5, 0.6) is 17.2 Å². The molecular formula is C29H29N3O4. The summed E-state index contributed by atoms with van der Waals surface area (Å²) in [6, 6.07) is 23.7. The highest BCUT2D eigenvalue weighted by molar-refractivity contribution is 5.92. The number of methoxy groups -OCH3 is 3. The maximum atomic E-state index is 12.7. The highest BCUT2D eigenvalue weighted by atomic mass is 16.5. The number of hydrogen-bond donors (Lipinski definition) is 1. The first-order chi connectivity index (χ1) is 17.6. The molecule has 1 aromatic heterocycles. The summed E-state index contributed by atoms with van der Waals surface area (Å²) in [5.41, 5.74) is 4.65. The van der Waals surface area contributed by atoms with Gasteiger partial charge in [0.1, 0.15) is 0 Å². The SMILES string of the molecule is COc1cc(CNC(=O)/C=C/c2cn(Cc3ccccc3)nc2-c2ccccc2)cc(OC)c1OC. The minimum atomic E-state index is -0.224. The van der Waals surface area contributed by atoms with Gasteiger partial charge in [-0.1, -0.05) is 60.7 Å². The molecule has 1 amide bonds. The summed E-state index contributed by atoms with van der Waals surface area (Å²) in [7, 11) is 4.67. The molecule has 4 aromatic rings. The van der Waals surface area contributed by atoms with Crippen LogP contribution in [-0.4, -0.2) is 37.0 Å². The van der Waals surface area contributed by atoms with E-state index in [-0.39, 0.29) is 5.91 Å². The smallest absolute Gasteiger partial charge is 0.244 e. The Morgan fingerprint density at radius 2 is 1.53 bits per heavy atom. The molecule has 1 heterocycles. The number of hydrogen-bond acceptors (Lipinski definition) is 5. The van der Waals surface area contributed by atoms with Crippen LogP contribution in [-0.2, 0) is 17.9 Å². The lowest BCUT2D eigenvalue weighted by Crippen LogP contribution is -2.20. The second-order valence-electron chi connectivity index (χ2n) is 8.07. The molecular weight excluding hydrogens is 454 g/mol. The molecule has 3 aromatic carbocycles. The first-order valence-corrected chi connectivity index (χ1v) is 11.5. The average Bonchev–Trinajstić information content (AvgIpc) is 3.33. The molecule has 7 nitrogen and oxygen atoms in total. The summed E-state index contributed by atoms with van der Waals surface area (Å²) in [6.07, 6.45) is 5.27. The van der Waals surface area contributed by atoms with Crippen LogP contribution in [0.3, 0.4) is 0 Å². The Balaban J connectivity index is 1.51. The zero-order chi connectivity index (χ0) is 25.3. The van der Waals surface area contributed by atoms with E-state index < -0.39 is 0 Å². The molecule has 0 radical (unpaired) electrons. The van der Waals surface area contributed by atoms with Crippen molar-refractivity contribution in [3.8, 4) is 28.5 Å². The van der Waals surface area contributed by atoms with Crippen LogP contribution in [0.15, 0.2) is 85.1 Å². The summed E-state index contributed by atoms with van der Waals surface area (Å²) in [4.78, 5) is 12.7. The summed E-state index contributed by atoms with van der Waals surface area (Å²) in [5.74, 6) is 1.36. The first-order valence-electron chi connectivity index (χ1n) is 11.5. The van der Waals surface area contributed by atoms with Crippen LogP contribution >= 0.6 is 0 Å². The van der Waals surface area contributed by atoms with Gasteiger partial charge < -0.3 is 19.5 Å². The fourth-order valence-corrected chi connectivity index (χ4v) is 3.88. The number of ether oxygens (including phenoxy) is 3. The maximum absolute atomic E-state index is 12.7. The minimum Gasteiger partial charge on any atom is -0.493 e. The quantitative estimate of drug-likeness (QED) is 0.323. The average molecular weight is 484 g/mol. The van der Waals surface area contributed by atoms with Gasteiger partial charge in [0.25, 0.3) is 0 Å². The molecule has 0 spiro atoms. The number of benzene rings is 3. The van der Waals surface area contributed by atoms with E-state index in [1.165, 1.54) is 6.08 Å². The Kier molecular flexibility index (Phi) is 8.03. The molecule has 0 fully saturated rings. The molecule has 7 heteroatoms. The standard InChI is InChI=1S/C29H29N3O4/c1-34-25-16-22(17-26(35-2)29(25)36-3)18-30-27(33)15-14-24-20-32(19-21-10-6-4-7-11-21)31-28(24)23-12-8-5-9-13-23/h4-17,20H,18-19H2,1-3H3,(H,30,33)/b15-14+. The van der Waals surface area contributed by atoms with Crippen LogP contribution in [0.2, 0.25) is 0 Å². The Morgan fingerprint density at radius 1 is 0.889 bits per heavy atom. The largest absolute Gasteiger partial charge is 0.493 e. The van der Waals surface area contributed by atoms with Crippen molar-refractivity contribution in [2.75, 3.05) is 21.3 Å². The number of aromatic nitrogens is 2. The molecule has 0 aliphatic rings. The van der Waals surface area contributed by atoms with Crippen molar-refractivity contribution in [3.05, 3.63) is 102 Å². The summed E-state index contributed by atoms with van der Waals surface area (Å²) in [6.45, 7) is 0.945. The van der Waals surface area contributed by atoms with E-state index in [9.17, 15) is 4.79 Å². The van der Waals surface area contributed by atoms with Gasteiger partial charge in [0.15, 0.2) is 11.5 Å². The second-order valence-corrected chi connectivity index (χ2v) is 8.07. The van der Waals surface area contributed by atoms with Gasteiger partial charge >= 0.3 is 0 Å². The van der Waals surface area contributed by atoms with Gasteiger partial charge in [0.2, 0.25) is 11.7 Å². The maximum Gasteiger partial charge on any atom is 0.244 e. The highest BCUT2D eigenvalue weighted by Crippen LogP contribution is 2.38. The van der Waals surface area contributed by atoms with E-state index in [0.717, 1.165) is 27.9 Å². The zero-order valence-corrected chi connectivity index (χ0v) is 20.6. The van der Waals surface area contributed by atoms with Crippen molar-refractivity contribution in [2.24, 2.45) is 0 Å². The van der Waals surface area contributed by atoms with Crippen molar-refractivity contribution < 1.29 is 19.0 Å². The van der Waals surface area contributed by atoms with Crippen molar-refractivity contribution in [3.63, 3.8) is 0 Å². The van der Waals surface area contributed by atoms with Gasteiger partial charge in [-0.2, -0.15) is 5.10 Å². The molecule has 0 unspecified atom stereocenters. The topological polar surface area (TPSA) is 74.6 Å². The molecule has 0 bridgehead atoms. The van der Waals surface area contributed by atoms with Gasteiger partial charge in [0.05, 0.1) is 33.6 Å². The van der Waals surface area contributed by atoms with Crippen molar-refractivity contribution in [1.82, 2.24) is 15.1 Å². The van der Waals surface area contributed by atoms with Gasteiger partial charge in [-0.15, -0.1) is 0 Å². The third-order valence-electron chi connectivity index (χ3n) is 5.63. The zero-order valence-electron chi connectivity index (χ0n) is 20.6.